The van der Waals surface area contributed by atoms with E-state index in [1.54, 1.807) is 36.9 Å². The molecule has 3 N–H and O–H groups in total. The second-order valence-corrected chi connectivity index (χ2v) is 9.85. The van der Waals surface area contributed by atoms with E-state index >= 15 is 0 Å². The molecule has 0 saturated heterocycles. The maximum absolute atomic E-state index is 13.6. The fourth-order valence-electron chi connectivity index (χ4n) is 4.52. The summed E-state index contributed by atoms with van der Waals surface area (Å²) in [7, 11) is 0. The van der Waals surface area contributed by atoms with Crippen molar-refractivity contribution in [2.75, 3.05) is 4.90 Å². The van der Waals surface area contributed by atoms with Gasteiger partial charge in [-0.2, -0.15) is 0 Å². The van der Waals surface area contributed by atoms with Crippen LogP contribution in [0.2, 0.25) is 0 Å². The maximum Gasteiger partial charge on any atom is 0.277 e. The van der Waals surface area contributed by atoms with Crippen molar-refractivity contribution in [1.82, 2.24) is 5.32 Å². The van der Waals surface area contributed by atoms with Crippen LogP contribution in [0.15, 0.2) is 72.8 Å². The molecule has 8 nitrogen and oxygen atoms in total. The number of carbonyl (C=O) groups is 2. The van der Waals surface area contributed by atoms with Crippen molar-refractivity contribution < 1.29 is 14.5 Å². The number of nitrogens with one attached hydrogen (secondary N) is 1. The Balaban J connectivity index is 1.59. The molecule has 8 heteroatoms. The van der Waals surface area contributed by atoms with Crippen molar-refractivity contribution >= 4 is 23.2 Å². The minimum absolute atomic E-state index is 0.0427. The summed E-state index contributed by atoms with van der Waals surface area (Å²) in [6.07, 6.45) is 1.28. The third-order valence-corrected chi connectivity index (χ3v) is 6.21. The van der Waals surface area contributed by atoms with E-state index in [-0.39, 0.29) is 23.9 Å². The smallest absolute Gasteiger partial charge is 0.277 e. The van der Waals surface area contributed by atoms with Crippen LogP contribution in [-0.4, -0.2) is 28.3 Å². The lowest BCUT2D eigenvalue weighted by atomic mass is 10.0. The third-order valence-electron chi connectivity index (χ3n) is 6.21. The van der Waals surface area contributed by atoms with Gasteiger partial charge in [-0.3, -0.25) is 19.7 Å². The minimum Gasteiger partial charge on any atom is -0.344 e. The molecule has 1 heterocycles. The number of nitrogens with zero attached hydrogens (tertiary/aromatic N) is 2. The van der Waals surface area contributed by atoms with Gasteiger partial charge in [0, 0.05) is 23.7 Å². The number of amides is 2. The monoisotopic (exact) mass is 486 g/mol. The van der Waals surface area contributed by atoms with Gasteiger partial charge in [-0.15, -0.1) is 0 Å². The topological polar surface area (TPSA) is 119 Å². The zero-order chi connectivity index (χ0) is 25.9. The number of hydrogen-bond donors (Lipinski definition) is 2. The van der Waals surface area contributed by atoms with Gasteiger partial charge in [0.2, 0.25) is 11.8 Å². The number of nitrogens with two attached hydrogens (primary N) is 1. The highest BCUT2D eigenvalue weighted by Gasteiger charge is 2.32. The van der Waals surface area contributed by atoms with Gasteiger partial charge in [-0.1, -0.05) is 54.6 Å². The highest BCUT2D eigenvalue weighted by molar-refractivity contribution is 6.00. The van der Waals surface area contributed by atoms with Gasteiger partial charge in [-0.25, -0.2) is 0 Å². The van der Waals surface area contributed by atoms with E-state index in [2.05, 4.69) is 5.32 Å². The number of fused-ring (bicyclic) bond motifs is 1. The summed E-state index contributed by atoms with van der Waals surface area (Å²) in [5.41, 5.74) is 9.36. The molecule has 3 aromatic rings. The number of anilines is 1. The van der Waals surface area contributed by atoms with Crippen molar-refractivity contribution in [3.05, 3.63) is 94.0 Å². The molecule has 0 bridgehead atoms. The van der Waals surface area contributed by atoms with Crippen LogP contribution in [-0.2, 0) is 22.6 Å². The Labute approximate surface area is 210 Å². The molecule has 0 aromatic heterocycles. The molecule has 0 saturated carbocycles. The van der Waals surface area contributed by atoms with Crippen LogP contribution in [0.3, 0.4) is 0 Å². The maximum atomic E-state index is 13.6. The van der Waals surface area contributed by atoms with E-state index < -0.39 is 16.5 Å². The van der Waals surface area contributed by atoms with Crippen LogP contribution >= 0.6 is 0 Å². The van der Waals surface area contributed by atoms with Crippen molar-refractivity contribution in [2.24, 2.45) is 5.73 Å². The number of nitro benzene ring substituents is 1. The molecule has 186 valence electrons. The Kier molecular flexibility index (Phi) is 7.17. The molecule has 4 rings (SSSR count). The molecule has 3 aromatic carbocycles. The fraction of sp³-hybridized carbons (Fsp3) is 0.286. The highest BCUT2D eigenvalue weighted by atomic mass is 16.6. The fourth-order valence-corrected chi connectivity index (χ4v) is 4.52. The first kappa shape index (κ1) is 25.1. The van der Waals surface area contributed by atoms with Crippen LogP contribution in [0, 0.1) is 10.1 Å². The van der Waals surface area contributed by atoms with Gasteiger partial charge in [0.25, 0.3) is 5.69 Å². The van der Waals surface area contributed by atoms with Crippen molar-refractivity contribution in [2.45, 2.75) is 51.2 Å². The Bertz CT molecular complexity index is 1280. The largest absolute Gasteiger partial charge is 0.344 e. The van der Waals surface area contributed by atoms with E-state index in [9.17, 15) is 19.7 Å². The summed E-state index contributed by atoms with van der Waals surface area (Å²) in [6.45, 7) is 3.86. The Morgan fingerprint density at radius 3 is 2.44 bits per heavy atom. The van der Waals surface area contributed by atoms with E-state index in [1.165, 1.54) is 6.07 Å². The van der Waals surface area contributed by atoms with E-state index in [0.717, 1.165) is 22.4 Å². The molecular weight excluding hydrogens is 456 g/mol. The number of para-hydroxylation sites is 2. The normalized spacial score (nSPS) is 15.7. The average molecular weight is 487 g/mol. The van der Waals surface area contributed by atoms with Gasteiger partial charge in [0.1, 0.15) is 6.04 Å². The summed E-state index contributed by atoms with van der Waals surface area (Å²) in [6, 6.07) is 21.1. The number of benzene rings is 3. The lowest BCUT2D eigenvalue weighted by molar-refractivity contribution is -0.384. The van der Waals surface area contributed by atoms with Crippen LogP contribution < -0.4 is 16.0 Å². The minimum atomic E-state index is -0.671. The average Bonchev–Trinajstić information content (AvgIpc) is 2.96. The van der Waals surface area contributed by atoms with Gasteiger partial charge < -0.3 is 16.0 Å². The molecule has 2 amide bonds. The first-order valence-corrected chi connectivity index (χ1v) is 11.9. The van der Waals surface area contributed by atoms with Crippen molar-refractivity contribution in [3.8, 4) is 11.1 Å². The molecule has 0 aliphatic carbocycles. The zero-order valence-corrected chi connectivity index (χ0v) is 20.4. The molecule has 0 spiro atoms. The van der Waals surface area contributed by atoms with Gasteiger partial charge in [0.15, 0.2) is 0 Å². The Morgan fingerprint density at radius 2 is 1.75 bits per heavy atom. The molecule has 1 aliphatic heterocycles. The van der Waals surface area contributed by atoms with Crippen LogP contribution in [0.1, 0.15) is 37.8 Å². The molecule has 36 heavy (non-hydrogen) atoms. The number of rotatable bonds is 7. The first-order valence-electron chi connectivity index (χ1n) is 11.9. The predicted molar refractivity (Wildman–Crippen MR) is 139 cm³/mol. The standard InChI is InChI=1S/C28H30N4O4/c1-28(2,29)17-26(33)30-23-16-15-21-7-3-5-9-24(21)31(27(23)34)18-19-11-13-20(14-12-19)22-8-4-6-10-25(22)32(35)36/h3-14,23H,15-18,29H2,1-2H3,(H,30,33)/t23-/m1/s1. The van der Waals surface area contributed by atoms with Gasteiger partial charge in [0.05, 0.1) is 17.0 Å². The zero-order valence-electron chi connectivity index (χ0n) is 20.4. The van der Waals surface area contributed by atoms with E-state index in [1.807, 2.05) is 48.5 Å². The van der Waals surface area contributed by atoms with Gasteiger partial charge in [-0.05, 0) is 55.5 Å². The molecule has 0 unspecified atom stereocenters. The molecule has 1 atom stereocenters. The van der Waals surface area contributed by atoms with Crippen LogP contribution in [0.4, 0.5) is 11.4 Å². The highest BCUT2D eigenvalue weighted by Crippen LogP contribution is 2.31. The summed E-state index contributed by atoms with van der Waals surface area (Å²) >= 11 is 0. The lowest BCUT2D eigenvalue weighted by Gasteiger charge is -2.27. The van der Waals surface area contributed by atoms with Crippen LogP contribution in [0.5, 0.6) is 0 Å². The van der Waals surface area contributed by atoms with Crippen LogP contribution in [0.25, 0.3) is 11.1 Å². The quantitative estimate of drug-likeness (QED) is 0.380. The molecule has 1 aliphatic rings. The summed E-state index contributed by atoms with van der Waals surface area (Å²) in [5.74, 6) is -0.425. The van der Waals surface area contributed by atoms with Crippen molar-refractivity contribution in [1.29, 1.82) is 0 Å². The summed E-state index contributed by atoms with van der Waals surface area (Å²) in [5, 5.41) is 14.3. The number of nitro groups is 1. The number of aryl methyl sites for hydroxylation is 1. The Morgan fingerprint density at radius 1 is 1.08 bits per heavy atom. The first-order chi connectivity index (χ1) is 17.1. The summed E-state index contributed by atoms with van der Waals surface area (Å²) < 4.78 is 0. The van der Waals surface area contributed by atoms with E-state index in [0.29, 0.717) is 24.9 Å². The molecular formula is C28H30N4O4. The SMILES string of the molecule is CC(C)(N)CC(=O)N[C@@H]1CCc2ccccc2N(Cc2ccc(-c3ccccc3[N+](=O)[O-])cc2)C1=O. The predicted octanol–water partition coefficient (Wildman–Crippen LogP) is 4.35. The van der Waals surface area contributed by atoms with Crippen molar-refractivity contribution in [3.63, 3.8) is 0 Å². The summed E-state index contributed by atoms with van der Waals surface area (Å²) in [4.78, 5) is 38.9. The van der Waals surface area contributed by atoms with E-state index in [4.69, 9.17) is 5.73 Å². The number of carbonyl (C=O) groups excluding carboxylic acids is 2. The number of hydrogen-bond acceptors (Lipinski definition) is 5. The van der Waals surface area contributed by atoms with Gasteiger partial charge >= 0.3 is 0 Å². The third kappa shape index (κ3) is 5.78. The second kappa shape index (κ2) is 10.3. The Hall–Kier alpha value is -4.04. The molecule has 0 fully saturated rings. The second-order valence-electron chi connectivity index (χ2n) is 9.85. The molecule has 0 radical (unpaired) electrons. The lowest BCUT2D eigenvalue weighted by Crippen LogP contribution is -2.49.